The highest BCUT2D eigenvalue weighted by atomic mass is 16.4. The van der Waals surface area contributed by atoms with E-state index in [0.717, 1.165) is 40.7 Å². The maximum absolute atomic E-state index is 13.4. The van der Waals surface area contributed by atoms with Gasteiger partial charge >= 0.3 is 5.97 Å². The number of benzene rings is 2. The van der Waals surface area contributed by atoms with Crippen molar-refractivity contribution in [3.63, 3.8) is 0 Å². The van der Waals surface area contributed by atoms with Crippen molar-refractivity contribution >= 4 is 23.0 Å². The van der Waals surface area contributed by atoms with Crippen LogP contribution in [0.15, 0.2) is 65.2 Å². The van der Waals surface area contributed by atoms with Gasteiger partial charge in [0.1, 0.15) is 5.71 Å². The number of carbonyl (C=O) groups is 2. The number of Topliss-reactive ketones (excluding diaryl/α,β-unsaturated/α-hetero) is 1. The standard InChI is InChI=1S/C25H25NO3/c1-25(2)13-12-19-20(15-25)17-10-6-7-11-18(17)22(23(19)27)26-21(24(28)29)14-16-8-4-3-5-9-16/h3-11,21H,12-15H2,1-2H3,(H,28,29)/b26-22-. The van der Waals surface area contributed by atoms with Crippen LogP contribution in [0.1, 0.15) is 49.8 Å². The molecule has 0 saturated heterocycles. The van der Waals surface area contributed by atoms with Gasteiger partial charge in [0.25, 0.3) is 0 Å². The molecule has 0 radical (unpaired) electrons. The van der Waals surface area contributed by atoms with Crippen LogP contribution < -0.4 is 0 Å². The maximum Gasteiger partial charge on any atom is 0.328 e. The van der Waals surface area contributed by atoms with Crippen LogP contribution in [0.4, 0.5) is 0 Å². The van der Waals surface area contributed by atoms with E-state index in [-0.39, 0.29) is 17.6 Å². The average Bonchev–Trinajstić information content (AvgIpc) is 2.70. The second-order valence-corrected chi connectivity index (χ2v) is 8.69. The zero-order chi connectivity index (χ0) is 20.6. The van der Waals surface area contributed by atoms with Crippen molar-refractivity contribution in [2.75, 3.05) is 0 Å². The van der Waals surface area contributed by atoms with E-state index in [9.17, 15) is 14.7 Å². The molecule has 0 aliphatic heterocycles. The molecule has 148 valence electrons. The second-order valence-electron chi connectivity index (χ2n) is 8.69. The molecule has 2 aromatic carbocycles. The number of carbonyl (C=O) groups excluding carboxylic acids is 1. The number of nitrogens with zero attached hydrogens (tertiary/aromatic N) is 1. The zero-order valence-corrected chi connectivity index (χ0v) is 16.8. The van der Waals surface area contributed by atoms with Gasteiger partial charge in [0.2, 0.25) is 5.78 Å². The van der Waals surface area contributed by atoms with Crippen LogP contribution in [-0.4, -0.2) is 28.6 Å². The lowest BCUT2D eigenvalue weighted by Gasteiger charge is -2.36. The summed E-state index contributed by atoms with van der Waals surface area (Å²) in [6.07, 6.45) is 2.77. The van der Waals surface area contributed by atoms with Crippen LogP contribution in [-0.2, 0) is 16.0 Å². The number of carboxylic acid groups (broad SMARTS) is 1. The third-order valence-electron chi connectivity index (χ3n) is 5.91. The van der Waals surface area contributed by atoms with Crippen LogP contribution >= 0.6 is 0 Å². The van der Waals surface area contributed by atoms with Crippen LogP contribution in [0.3, 0.4) is 0 Å². The lowest BCUT2D eigenvalue weighted by Crippen LogP contribution is -2.32. The minimum Gasteiger partial charge on any atom is -0.480 e. The Morgan fingerprint density at radius 2 is 1.69 bits per heavy atom. The fourth-order valence-electron chi connectivity index (χ4n) is 4.32. The third kappa shape index (κ3) is 3.80. The number of ketones is 1. The van der Waals surface area contributed by atoms with E-state index in [4.69, 9.17) is 0 Å². The SMILES string of the molecule is CC1(C)CCC2=C(C1)c1ccccc1/C(=N/C(Cc1ccccc1)C(=O)O)C2=O. The number of allylic oxidation sites excluding steroid dienone is 2. The molecule has 29 heavy (non-hydrogen) atoms. The lowest BCUT2D eigenvalue weighted by atomic mass is 9.68. The summed E-state index contributed by atoms with van der Waals surface area (Å²) in [6, 6.07) is 16.2. The second kappa shape index (κ2) is 7.43. The molecule has 1 atom stereocenters. The van der Waals surface area contributed by atoms with Crippen molar-refractivity contribution < 1.29 is 14.7 Å². The largest absolute Gasteiger partial charge is 0.480 e. The first kappa shape index (κ1) is 19.3. The molecule has 4 rings (SSSR count). The number of aliphatic imine (C=N–C) groups is 1. The van der Waals surface area contributed by atoms with Gasteiger partial charge in [0.05, 0.1) is 0 Å². The Morgan fingerprint density at radius 3 is 2.38 bits per heavy atom. The van der Waals surface area contributed by atoms with E-state index >= 15 is 0 Å². The Labute approximate surface area is 171 Å². The summed E-state index contributed by atoms with van der Waals surface area (Å²) in [4.78, 5) is 29.8. The number of aliphatic carboxylic acids is 1. The average molecular weight is 387 g/mol. The molecule has 2 aliphatic carbocycles. The lowest BCUT2D eigenvalue weighted by molar-refractivity contribution is -0.138. The van der Waals surface area contributed by atoms with Crippen molar-refractivity contribution in [3.8, 4) is 0 Å². The van der Waals surface area contributed by atoms with Crippen molar-refractivity contribution in [3.05, 3.63) is 76.9 Å². The van der Waals surface area contributed by atoms with Gasteiger partial charge in [-0.05, 0) is 41.4 Å². The topological polar surface area (TPSA) is 66.7 Å². The molecule has 0 spiro atoms. The summed E-state index contributed by atoms with van der Waals surface area (Å²) >= 11 is 0. The first-order chi connectivity index (χ1) is 13.9. The predicted molar refractivity (Wildman–Crippen MR) is 114 cm³/mol. The minimum absolute atomic E-state index is 0.103. The summed E-state index contributed by atoms with van der Waals surface area (Å²) < 4.78 is 0. The highest BCUT2D eigenvalue weighted by Crippen LogP contribution is 2.46. The Morgan fingerprint density at radius 1 is 1.03 bits per heavy atom. The molecule has 0 amide bonds. The quantitative estimate of drug-likeness (QED) is 0.826. The van der Waals surface area contributed by atoms with Crippen LogP contribution in [0, 0.1) is 5.41 Å². The van der Waals surface area contributed by atoms with Crippen LogP contribution in [0.5, 0.6) is 0 Å². The molecule has 4 heteroatoms. The summed E-state index contributed by atoms with van der Waals surface area (Å²) in [5, 5.41) is 9.77. The van der Waals surface area contributed by atoms with Crippen LogP contribution in [0.25, 0.3) is 5.57 Å². The number of carboxylic acids is 1. The molecule has 0 saturated carbocycles. The van der Waals surface area contributed by atoms with Gasteiger partial charge in [-0.1, -0.05) is 68.4 Å². The summed E-state index contributed by atoms with van der Waals surface area (Å²) in [5.74, 6) is -1.12. The van der Waals surface area contributed by atoms with E-state index in [1.807, 2.05) is 54.6 Å². The normalized spacial score (nSPS) is 20.2. The molecule has 4 nitrogen and oxygen atoms in total. The van der Waals surface area contributed by atoms with Gasteiger partial charge in [-0.25, -0.2) is 4.79 Å². The van der Waals surface area contributed by atoms with Gasteiger partial charge in [-0.15, -0.1) is 0 Å². The van der Waals surface area contributed by atoms with Crippen molar-refractivity contribution in [2.24, 2.45) is 10.4 Å². The highest BCUT2D eigenvalue weighted by molar-refractivity contribution is 6.54. The molecule has 0 fully saturated rings. The number of rotatable bonds is 4. The van der Waals surface area contributed by atoms with E-state index < -0.39 is 12.0 Å². The monoisotopic (exact) mass is 387 g/mol. The number of hydrogen-bond acceptors (Lipinski definition) is 3. The van der Waals surface area contributed by atoms with Crippen LogP contribution in [0.2, 0.25) is 0 Å². The smallest absolute Gasteiger partial charge is 0.328 e. The molecule has 0 aromatic heterocycles. The van der Waals surface area contributed by atoms with E-state index in [1.54, 1.807) is 0 Å². The van der Waals surface area contributed by atoms with Crippen molar-refractivity contribution in [1.82, 2.24) is 0 Å². The van der Waals surface area contributed by atoms with Gasteiger partial charge in [0, 0.05) is 17.6 Å². The molecule has 1 unspecified atom stereocenters. The van der Waals surface area contributed by atoms with Gasteiger partial charge in [-0.3, -0.25) is 9.79 Å². The maximum atomic E-state index is 13.4. The van der Waals surface area contributed by atoms with Crippen molar-refractivity contribution in [1.29, 1.82) is 0 Å². The molecule has 0 heterocycles. The molecule has 1 N–H and O–H groups in total. The fourth-order valence-corrected chi connectivity index (χ4v) is 4.32. The number of hydrogen-bond donors (Lipinski definition) is 1. The molecule has 2 aliphatic rings. The Hall–Kier alpha value is -3.01. The fraction of sp³-hybridized carbons (Fsp3) is 0.320. The number of fused-ring (bicyclic) bond motifs is 2. The molecular weight excluding hydrogens is 362 g/mol. The summed E-state index contributed by atoms with van der Waals surface area (Å²) in [5.41, 5.74) is 5.03. The minimum atomic E-state index is -1.02. The Bertz CT molecular complexity index is 1030. The predicted octanol–water partition coefficient (Wildman–Crippen LogP) is 4.72. The third-order valence-corrected chi connectivity index (χ3v) is 5.91. The van der Waals surface area contributed by atoms with Gasteiger partial charge in [-0.2, -0.15) is 0 Å². The van der Waals surface area contributed by atoms with Gasteiger partial charge in [0.15, 0.2) is 6.04 Å². The van der Waals surface area contributed by atoms with E-state index in [2.05, 4.69) is 18.8 Å². The Kier molecular flexibility index (Phi) is 4.95. The van der Waals surface area contributed by atoms with Gasteiger partial charge < -0.3 is 5.11 Å². The first-order valence-corrected chi connectivity index (χ1v) is 10.1. The highest BCUT2D eigenvalue weighted by Gasteiger charge is 2.37. The molecular formula is C25H25NO3. The first-order valence-electron chi connectivity index (χ1n) is 10.1. The molecule has 2 aromatic rings. The van der Waals surface area contributed by atoms with E-state index in [0.29, 0.717) is 12.1 Å². The van der Waals surface area contributed by atoms with E-state index in [1.165, 1.54) is 0 Å². The zero-order valence-electron chi connectivity index (χ0n) is 16.8. The molecule has 0 bridgehead atoms. The summed E-state index contributed by atoms with van der Waals surface area (Å²) in [6.45, 7) is 4.46. The summed E-state index contributed by atoms with van der Waals surface area (Å²) in [7, 11) is 0. The Balaban J connectivity index is 1.79. The van der Waals surface area contributed by atoms with Crippen molar-refractivity contribution in [2.45, 2.75) is 45.6 Å².